The lowest BCUT2D eigenvalue weighted by Crippen LogP contribution is -2.18. The highest BCUT2D eigenvalue weighted by Gasteiger charge is 2.15. The summed E-state index contributed by atoms with van der Waals surface area (Å²) in [5.74, 6) is -0.612. The topological polar surface area (TPSA) is 158 Å². The highest BCUT2D eigenvalue weighted by atomic mass is 31.2. The van der Waals surface area contributed by atoms with Crippen LogP contribution in [0.5, 0.6) is 0 Å². The molecule has 0 aromatic rings. The molecule has 12 heteroatoms. The van der Waals surface area contributed by atoms with Crippen LogP contribution in [-0.2, 0) is 27.2 Å². The zero-order valence-corrected chi connectivity index (χ0v) is 11.2. The van der Waals surface area contributed by atoms with E-state index in [1.54, 1.807) is 0 Å². The van der Waals surface area contributed by atoms with Gasteiger partial charge in [0.05, 0.1) is 13.2 Å². The van der Waals surface area contributed by atoms with Crippen LogP contribution in [0, 0.1) is 5.92 Å². The predicted molar refractivity (Wildman–Crippen MR) is 52.6 cm³/mol. The molecule has 2 N–H and O–H groups in total. The summed E-state index contributed by atoms with van der Waals surface area (Å²) in [6, 6.07) is 0. The fourth-order valence-electron chi connectivity index (χ4n) is 0.701. The summed E-state index contributed by atoms with van der Waals surface area (Å²) in [5.41, 5.74) is 0. The summed E-state index contributed by atoms with van der Waals surface area (Å²) in [6.45, 7) is -1.46. The second-order valence-corrected chi connectivity index (χ2v) is 5.93. The van der Waals surface area contributed by atoms with Crippen LogP contribution in [0.1, 0.15) is 6.92 Å². The van der Waals surface area contributed by atoms with Crippen LogP contribution >= 0.6 is 15.6 Å². The molecular formula is C6H14O10P2-2. The first-order chi connectivity index (χ1) is 8.22. The Morgan fingerprint density at radius 3 is 1.56 bits per heavy atom. The van der Waals surface area contributed by atoms with Crippen molar-refractivity contribution in [1.29, 1.82) is 0 Å². The van der Waals surface area contributed by atoms with Crippen LogP contribution in [0.25, 0.3) is 0 Å². The minimum Gasteiger partial charge on any atom is -0.756 e. The summed E-state index contributed by atoms with van der Waals surface area (Å²) >= 11 is 0. The van der Waals surface area contributed by atoms with E-state index in [2.05, 4.69) is 18.1 Å². The predicted octanol–water partition coefficient (Wildman–Crippen LogP) is -1.47. The maximum Gasteiger partial charge on any atom is 0.270 e. The van der Waals surface area contributed by atoms with Crippen LogP contribution < -0.4 is 9.79 Å². The average molecular weight is 308 g/mol. The van der Waals surface area contributed by atoms with Crippen molar-refractivity contribution in [2.75, 3.05) is 26.8 Å². The standard InChI is InChI=1S/C6H16O10P2/c1-6(2-13-17(9,10)15-4-7)3-14-18(11,12)16-5-8/h6-8H,2-5H2,1H3,(H,9,10)(H,11,12)/p-2. The summed E-state index contributed by atoms with van der Waals surface area (Å²) in [4.78, 5) is 21.7. The van der Waals surface area contributed by atoms with Crippen LogP contribution in [-0.4, -0.2) is 37.0 Å². The molecule has 0 heterocycles. The molecule has 0 rings (SSSR count). The summed E-state index contributed by atoms with van der Waals surface area (Å²) in [6.07, 6.45) is 0. The number of hydrogen-bond acceptors (Lipinski definition) is 10. The molecule has 0 amide bonds. The van der Waals surface area contributed by atoms with Gasteiger partial charge < -0.3 is 29.0 Å². The van der Waals surface area contributed by atoms with Gasteiger partial charge in [-0.2, -0.15) is 0 Å². The number of aliphatic hydroxyl groups excluding tert-OH is 2. The first-order valence-corrected chi connectivity index (χ1v) is 7.56. The van der Waals surface area contributed by atoms with Gasteiger partial charge in [-0.05, 0) is 0 Å². The molecule has 0 spiro atoms. The Morgan fingerprint density at radius 1 is 0.944 bits per heavy atom. The maximum absolute atomic E-state index is 10.8. The molecule has 2 atom stereocenters. The average Bonchev–Trinajstić information content (AvgIpc) is 2.24. The van der Waals surface area contributed by atoms with Crippen molar-refractivity contribution in [3.05, 3.63) is 0 Å². The lowest BCUT2D eigenvalue weighted by molar-refractivity contribution is -0.233. The largest absolute Gasteiger partial charge is 0.756 e. The van der Waals surface area contributed by atoms with Gasteiger partial charge in [0.25, 0.3) is 15.6 Å². The molecule has 0 saturated heterocycles. The molecule has 0 aliphatic heterocycles. The SMILES string of the molecule is CC(COP(=O)([O-])OCO)COP(=O)([O-])OCO. The van der Waals surface area contributed by atoms with Crippen molar-refractivity contribution in [3.63, 3.8) is 0 Å². The third-order valence-corrected chi connectivity index (χ3v) is 3.26. The monoisotopic (exact) mass is 308 g/mol. The quantitative estimate of drug-likeness (QED) is 0.360. The minimum absolute atomic E-state index is 0.403. The second-order valence-electron chi connectivity index (χ2n) is 3.11. The third kappa shape index (κ3) is 9.12. The van der Waals surface area contributed by atoms with E-state index in [1.165, 1.54) is 6.92 Å². The highest BCUT2D eigenvalue weighted by Crippen LogP contribution is 2.40. The van der Waals surface area contributed by atoms with Crippen molar-refractivity contribution in [2.24, 2.45) is 5.92 Å². The lowest BCUT2D eigenvalue weighted by Gasteiger charge is -2.25. The summed E-state index contributed by atoms with van der Waals surface area (Å²) < 4.78 is 38.1. The Labute approximate surface area is 103 Å². The maximum atomic E-state index is 10.8. The van der Waals surface area contributed by atoms with Gasteiger partial charge in [-0.3, -0.25) is 18.2 Å². The van der Waals surface area contributed by atoms with Gasteiger partial charge in [-0.25, -0.2) is 0 Å². The van der Waals surface area contributed by atoms with Gasteiger partial charge in [-0.1, -0.05) is 6.92 Å². The first-order valence-electron chi connectivity index (χ1n) is 4.64. The molecule has 0 aromatic carbocycles. The van der Waals surface area contributed by atoms with E-state index in [1.807, 2.05) is 0 Å². The van der Waals surface area contributed by atoms with Crippen LogP contribution in [0.3, 0.4) is 0 Å². The second kappa shape index (κ2) is 8.34. The van der Waals surface area contributed by atoms with E-state index in [9.17, 15) is 18.9 Å². The Hall–Kier alpha value is 0.140. The normalized spacial score (nSPS) is 20.1. The Bertz CT molecular complexity index is 289. The Balaban J connectivity index is 3.95. The molecule has 0 aliphatic carbocycles. The highest BCUT2D eigenvalue weighted by molar-refractivity contribution is 7.46. The smallest absolute Gasteiger partial charge is 0.270 e. The molecule has 0 bridgehead atoms. The number of phosphoric acid groups is 2. The molecular weight excluding hydrogens is 294 g/mol. The van der Waals surface area contributed by atoms with E-state index in [0.717, 1.165) is 0 Å². The first kappa shape index (κ1) is 18.1. The molecule has 110 valence electrons. The van der Waals surface area contributed by atoms with Gasteiger partial charge in [0.2, 0.25) is 0 Å². The van der Waals surface area contributed by atoms with E-state index >= 15 is 0 Å². The van der Waals surface area contributed by atoms with Crippen LogP contribution in [0.15, 0.2) is 0 Å². The number of rotatable bonds is 10. The molecule has 18 heavy (non-hydrogen) atoms. The van der Waals surface area contributed by atoms with E-state index < -0.39 is 48.4 Å². The number of aliphatic hydroxyl groups is 2. The van der Waals surface area contributed by atoms with Crippen molar-refractivity contribution in [2.45, 2.75) is 6.92 Å². The molecule has 0 aliphatic rings. The zero-order chi connectivity index (χ0) is 14.2. The minimum atomic E-state index is -4.60. The van der Waals surface area contributed by atoms with Crippen LogP contribution in [0.4, 0.5) is 0 Å². The van der Waals surface area contributed by atoms with E-state index in [-0.39, 0.29) is 0 Å². The molecule has 0 fully saturated rings. The molecule has 2 unspecified atom stereocenters. The molecule has 10 nitrogen and oxygen atoms in total. The van der Waals surface area contributed by atoms with Gasteiger partial charge in [0, 0.05) is 5.92 Å². The number of hydrogen-bond donors (Lipinski definition) is 2. The summed E-state index contributed by atoms with van der Waals surface area (Å²) in [7, 11) is -9.19. The molecule has 0 saturated carbocycles. The van der Waals surface area contributed by atoms with Crippen molar-refractivity contribution in [1.82, 2.24) is 0 Å². The van der Waals surface area contributed by atoms with Gasteiger partial charge in [-0.15, -0.1) is 0 Å². The fourth-order valence-corrected chi connectivity index (χ4v) is 2.01. The van der Waals surface area contributed by atoms with Gasteiger partial charge >= 0.3 is 0 Å². The van der Waals surface area contributed by atoms with Gasteiger partial charge in [0.1, 0.15) is 0 Å². The van der Waals surface area contributed by atoms with E-state index in [4.69, 9.17) is 10.2 Å². The van der Waals surface area contributed by atoms with Crippen molar-refractivity contribution >= 4 is 15.6 Å². The van der Waals surface area contributed by atoms with Gasteiger partial charge in [0.15, 0.2) is 13.6 Å². The Kier molecular flexibility index (Phi) is 8.40. The molecule has 0 radical (unpaired) electrons. The number of phosphoric ester groups is 2. The van der Waals surface area contributed by atoms with E-state index in [0.29, 0.717) is 0 Å². The van der Waals surface area contributed by atoms with Crippen LogP contribution in [0.2, 0.25) is 0 Å². The van der Waals surface area contributed by atoms with Crippen molar-refractivity contribution < 1.29 is 47.2 Å². The Morgan fingerprint density at radius 2 is 1.28 bits per heavy atom. The summed E-state index contributed by atoms with van der Waals surface area (Å²) in [5, 5.41) is 16.4. The fraction of sp³-hybridized carbons (Fsp3) is 1.00. The lowest BCUT2D eigenvalue weighted by atomic mass is 10.2. The molecule has 0 aromatic heterocycles. The van der Waals surface area contributed by atoms with Crippen molar-refractivity contribution in [3.8, 4) is 0 Å². The third-order valence-electron chi connectivity index (χ3n) is 1.47. The zero-order valence-electron chi connectivity index (χ0n) is 9.46.